The van der Waals surface area contributed by atoms with E-state index in [2.05, 4.69) is 21.2 Å². The van der Waals surface area contributed by atoms with E-state index in [0.717, 1.165) is 11.0 Å². The SMILES string of the molecule is O=C1NC(=O)N(c2cccc(Br)c2)C(=O)/C1=C/c1ccc(Oc2ccc(C(F)(F)F)cc2[N+](=O)[O-])c(Cl)c1. The molecule has 0 aromatic heterocycles. The smallest absolute Gasteiger partial charge is 0.416 e. The Labute approximate surface area is 224 Å². The molecule has 0 bridgehead atoms. The molecule has 0 spiro atoms. The lowest BCUT2D eigenvalue weighted by Crippen LogP contribution is -2.54. The van der Waals surface area contributed by atoms with Crippen molar-refractivity contribution in [2.45, 2.75) is 6.18 Å². The zero-order chi connectivity index (χ0) is 27.8. The zero-order valence-electron chi connectivity index (χ0n) is 18.6. The average Bonchev–Trinajstić information content (AvgIpc) is 2.82. The Hall–Kier alpha value is -4.23. The molecule has 3 aromatic carbocycles. The van der Waals surface area contributed by atoms with Crippen LogP contribution in [0.1, 0.15) is 11.1 Å². The third-order valence-corrected chi connectivity index (χ3v) is 5.93. The van der Waals surface area contributed by atoms with Crippen molar-refractivity contribution >= 4 is 62.8 Å². The fraction of sp³-hybridized carbons (Fsp3) is 0.0417. The molecule has 3 aromatic rings. The van der Waals surface area contributed by atoms with Gasteiger partial charge in [0, 0.05) is 10.5 Å². The van der Waals surface area contributed by atoms with E-state index in [0.29, 0.717) is 16.6 Å². The second-order valence-corrected chi connectivity index (χ2v) is 8.99. The van der Waals surface area contributed by atoms with Crippen molar-refractivity contribution in [2.75, 3.05) is 4.90 Å². The number of nitrogens with one attached hydrogen (secondary N) is 1. The number of halogens is 5. The molecule has 1 heterocycles. The van der Waals surface area contributed by atoms with Crippen molar-refractivity contribution in [3.8, 4) is 11.5 Å². The van der Waals surface area contributed by atoms with E-state index >= 15 is 0 Å². The van der Waals surface area contributed by atoms with Crippen LogP contribution < -0.4 is 15.0 Å². The van der Waals surface area contributed by atoms with Gasteiger partial charge in [-0.2, -0.15) is 13.2 Å². The number of barbiturate groups is 1. The zero-order valence-corrected chi connectivity index (χ0v) is 20.9. The summed E-state index contributed by atoms with van der Waals surface area (Å²) in [5.41, 5.74) is -2.10. The molecule has 0 aliphatic carbocycles. The summed E-state index contributed by atoms with van der Waals surface area (Å²) in [6, 6.07) is 11.0. The number of imide groups is 2. The molecule has 1 aliphatic rings. The van der Waals surface area contributed by atoms with E-state index in [1.54, 1.807) is 12.1 Å². The summed E-state index contributed by atoms with van der Waals surface area (Å²) >= 11 is 9.46. The monoisotopic (exact) mass is 609 g/mol. The Bertz CT molecular complexity index is 1540. The molecule has 0 unspecified atom stereocenters. The first kappa shape index (κ1) is 26.8. The molecule has 4 amide bonds. The van der Waals surface area contributed by atoms with Gasteiger partial charge in [0.25, 0.3) is 11.8 Å². The highest BCUT2D eigenvalue weighted by molar-refractivity contribution is 9.10. The van der Waals surface area contributed by atoms with Crippen LogP contribution in [-0.4, -0.2) is 22.8 Å². The summed E-state index contributed by atoms with van der Waals surface area (Å²) in [6.07, 6.45) is -3.62. The maximum Gasteiger partial charge on any atom is 0.416 e. The number of ether oxygens (including phenoxy) is 1. The quantitative estimate of drug-likeness (QED) is 0.153. The minimum atomic E-state index is -4.80. The van der Waals surface area contributed by atoms with E-state index in [4.69, 9.17) is 16.3 Å². The third kappa shape index (κ3) is 5.53. The largest absolute Gasteiger partial charge is 0.449 e. The topological polar surface area (TPSA) is 119 Å². The lowest BCUT2D eigenvalue weighted by molar-refractivity contribution is -0.385. The predicted molar refractivity (Wildman–Crippen MR) is 133 cm³/mol. The standard InChI is InChI=1S/C24H12BrClF3N3O6/c25-14-2-1-3-15(11-14)31-22(34)16(21(33)30-23(31)35)8-12-4-6-19(17(26)9-12)38-20-7-5-13(24(27,28)29)10-18(20)32(36)37/h1-11H,(H,30,33,35)/b16-8+. The summed E-state index contributed by atoms with van der Waals surface area (Å²) in [7, 11) is 0. The van der Waals surface area contributed by atoms with Gasteiger partial charge < -0.3 is 4.74 Å². The van der Waals surface area contributed by atoms with Gasteiger partial charge >= 0.3 is 17.9 Å². The molecule has 4 rings (SSSR count). The van der Waals surface area contributed by atoms with E-state index in [1.165, 1.54) is 36.4 Å². The van der Waals surface area contributed by atoms with Gasteiger partial charge in [-0.1, -0.05) is 39.7 Å². The highest BCUT2D eigenvalue weighted by Gasteiger charge is 2.37. The molecule has 1 fully saturated rings. The van der Waals surface area contributed by atoms with Crippen molar-refractivity contribution < 1.29 is 37.2 Å². The van der Waals surface area contributed by atoms with E-state index in [1.807, 2.05) is 0 Å². The van der Waals surface area contributed by atoms with Gasteiger partial charge in [-0.3, -0.25) is 25.0 Å². The molecule has 38 heavy (non-hydrogen) atoms. The van der Waals surface area contributed by atoms with Crippen LogP contribution in [0.3, 0.4) is 0 Å². The molecule has 1 saturated heterocycles. The van der Waals surface area contributed by atoms with Crippen molar-refractivity contribution in [3.63, 3.8) is 0 Å². The average molecular weight is 611 g/mol. The first-order valence-corrected chi connectivity index (χ1v) is 11.5. The number of anilines is 1. The number of hydrogen-bond donors (Lipinski definition) is 1. The van der Waals surface area contributed by atoms with Gasteiger partial charge in [0.2, 0.25) is 5.75 Å². The lowest BCUT2D eigenvalue weighted by atomic mass is 10.1. The summed E-state index contributed by atoms with van der Waals surface area (Å²) in [5, 5.41) is 13.3. The first-order chi connectivity index (χ1) is 17.8. The van der Waals surface area contributed by atoms with Gasteiger partial charge in [0.1, 0.15) is 11.3 Å². The highest BCUT2D eigenvalue weighted by atomic mass is 79.9. The van der Waals surface area contributed by atoms with Crippen LogP contribution in [0, 0.1) is 10.1 Å². The van der Waals surface area contributed by atoms with E-state index < -0.39 is 45.9 Å². The van der Waals surface area contributed by atoms with Crippen LogP contribution in [0.2, 0.25) is 5.02 Å². The normalized spacial score (nSPS) is 15.0. The van der Waals surface area contributed by atoms with Crippen molar-refractivity contribution in [1.82, 2.24) is 5.32 Å². The maximum absolute atomic E-state index is 13.0. The number of carbonyl (C=O) groups excluding carboxylic acids is 3. The van der Waals surface area contributed by atoms with Crippen LogP contribution >= 0.6 is 27.5 Å². The Morgan fingerprint density at radius 2 is 1.74 bits per heavy atom. The highest BCUT2D eigenvalue weighted by Crippen LogP contribution is 2.39. The molecule has 9 nitrogen and oxygen atoms in total. The molecular weight excluding hydrogens is 599 g/mol. The summed E-state index contributed by atoms with van der Waals surface area (Å²) in [4.78, 5) is 48.8. The lowest BCUT2D eigenvalue weighted by Gasteiger charge is -2.26. The molecule has 0 atom stereocenters. The van der Waals surface area contributed by atoms with Gasteiger partial charge in [0.05, 0.1) is 21.2 Å². The Morgan fingerprint density at radius 1 is 1.03 bits per heavy atom. The van der Waals surface area contributed by atoms with Crippen molar-refractivity contribution in [1.29, 1.82) is 0 Å². The summed E-state index contributed by atoms with van der Waals surface area (Å²) in [6.45, 7) is 0. The Balaban J connectivity index is 1.64. The number of hydrogen-bond acceptors (Lipinski definition) is 6. The number of amides is 4. The van der Waals surface area contributed by atoms with Crippen LogP contribution in [-0.2, 0) is 15.8 Å². The summed E-state index contributed by atoms with van der Waals surface area (Å²) < 4.78 is 44.8. The molecule has 14 heteroatoms. The third-order valence-electron chi connectivity index (χ3n) is 5.14. The second-order valence-electron chi connectivity index (χ2n) is 7.67. The maximum atomic E-state index is 13.0. The van der Waals surface area contributed by atoms with Gasteiger partial charge in [-0.05, 0) is 54.1 Å². The number of nitro groups is 1. The van der Waals surface area contributed by atoms with Crippen molar-refractivity contribution in [2.24, 2.45) is 0 Å². The molecule has 1 N–H and O–H groups in total. The van der Waals surface area contributed by atoms with Crippen molar-refractivity contribution in [3.05, 3.63) is 97.0 Å². The fourth-order valence-corrected chi connectivity index (χ4v) is 4.02. The predicted octanol–water partition coefficient (Wildman–Crippen LogP) is 6.49. The van der Waals surface area contributed by atoms with E-state index in [-0.39, 0.29) is 27.6 Å². The molecular formula is C24H12BrClF3N3O6. The summed E-state index contributed by atoms with van der Waals surface area (Å²) in [5.74, 6) is -2.46. The number of urea groups is 1. The molecule has 1 aliphatic heterocycles. The molecule has 0 saturated carbocycles. The Morgan fingerprint density at radius 3 is 2.37 bits per heavy atom. The second kappa shape index (κ2) is 10.3. The minimum absolute atomic E-state index is 0.128. The fourth-order valence-electron chi connectivity index (χ4n) is 3.40. The van der Waals surface area contributed by atoms with E-state index in [9.17, 15) is 37.7 Å². The minimum Gasteiger partial charge on any atom is -0.449 e. The van der Waals surface area contributed by atoms with Gasteiger partial charge in [-0.25, -0.2) is 9.69 Å². The number of benzene rings is 3. The van der Waals surface area contributed by atoms with Gasteiger partial charge in [0.15, 0.2) is 0 Å². The molecule has 194 valence electrons. The molecule has 0 radical (unpaired) electrons. The number of nitro benzene ring substituents is 1. The number of carbonyl (C=O) groups is 3. The van der Waals surface area contributed by atoms with Crippen LogP contribution in [0.25, 0.3) is 6.08 Å². The number of rotatable bonds is 5. The van der Waals surface area contributed by atoms with Gasteiger partial charge in [-0.15, -0.1) is 0 Å². The number of nitrogens with zero attached hydrogens (tertiary/aromatic N) is 2. The van der Waals surface area contributed by atoms with Crippen LogP contribution in [0.15, 0.2) is 70.7 Å². The van der Waals surface area contributed by atoms with Crippen LogP contribution in [0.4, 0.5) is 29.3 Å². The number of alkyl halides is 3. The Kier molecular flexibility index (Phi) is 7.24. The first-order valence-electron chi connectivity index (χ1n) is 10.3. The van der Waals surface area contributed by atoms with Crippen LogP contribution in [0.5, 0.6) is 11.5 Å².